The van der Waals surface area contributed by atoms with Crippen LogP contribution in [0, 0.1) is 0 Å². The molecule has 0 amide bonds. The van der Waals surface area contributed by atoms with Crippen LogP contribution < -0.4 is 5.73 Å². The summed E-state index contributed by atoms with van der Waals surface area (Å²) in [4.78, 5) is 5.22. The lowest BCUT2D eigenvalue weighted by Gasteiger charge is -2.51. The third-order valence-corrected chi connectivity index (χ3v) is 4.97. The minimum absolute atomic E-state index is 0.238. The van der Waals surface area contributed by atoms with E-state index in [9.17, 15) is 0 Å². The van der Waals surface area contributed by atoms with Gasteiger partial charge in [0.05, 0.1) is 12.7 Å². The van der Waals surface area contributed by atoms with Crippen LogP contribution in [0.3, 0.4) is 0 Å². The summed E-state index contributed by atoms with van der Waals surface area (Å²) in [5, 5.41) is 0. The van der Waals surface area contributed by atoms with Crippen molar-refractivity contribution in [3.8, 4) is 0 Å². The number of piperidine rings is 1. The van der Waals surface area contributed by atoms with Gasteiger partial charge in [0.25, 0.3) is 0 Å². The molecule has 0 bridgehead atoms. The SMILES string of the molecule is CCCN1CCC(CN)(N2CCOC(CC)C2)CC1. The van der Waals surface area contributed by atoms with Crippen molar-refractivity contribution in [2.45, 2.75) is 51.2 Å². The Morgan fingerprint density at radius 2 is 1.95 bits per heavy atom. The van der Waals surface area contributed by atoms with Crippen LogP contribution in [0.2, 0.25) is 0 Å². The van der Waals surface area contributed by atoms with Gasteiger partial charge in [0.15, 0.2) is 0 Å². The predicted molar refractivity (Wildman–Crippen MR) is 79.4 cm³/mol. The summed E-state index contributed by atoms with van der Waals surface area (Å²) in [5.74, 6) is 0. The summed E-state index contributed by atoms with van der Waals surface area (Å²) in [5.41, 5.74) is 6.41. The molecule has 4 nitrogen and oxygen atoms in total. The molecule has 0 aromatic heterocycles. The standard InChI is InChI=1S/C15H31N3O/c1-3-7-17-8-5-15(13-16,6-9-17)18-10-11-19-14(4-2)12-18/h14H,3-13,16H2,1-2H3. The van der Waals surface area contributed by atoms with Crippen LogP contribution >= 0.6 is 0 Å². The number of nitrogens with zero attached hydrogens (tertiary/aromatic N) is 2. The van der Waals surface area contributed by atoms with Crippen LogP contribution in [0.1, 0.15) is 39.5 Å². The molecule has 0 aliphatic carbocycles. The van der Waals surface area contributed by atoms with E-state index < -0.39 is 0 Å². The van der Waals surface area contributed by atoms with Crippen molar-refractivity contribution in [1.82, 2.24) is 9.80 Å². The zero-order valence-corrected chi connectivity index (χ0v) is 12.7. The number of likely N-dealkylation sites (tertiary alicyclic amines) is 1. The van der Waals surface area contributed by atoms with Crippen molar-refractivity contribution in [3.05, 3.63) is 0 Å². The topological polar surface area (TPSA) is 41.7 Å². The first kappa shape index (κ1) is 15.2. The van der Waals surface area contributed by atoms with Crippen LogP contribution in [0.25, 0.3) is 0 Å². The number of hydrogen-bond donors (Lipinski definition) is 1. The zero-order valence-electron chi connectivity index (χ0n) is 12.7. The first-order chi connectivity index (χ1) is 9.24. The first-order valence-corrected chi connectivity index (χ1v) is 8.03. The van der Waals surface area contributed by atoms with E-state index in [1.807, 2.05) is 0 Å². The zero-order chi connectivity index (χ0) is 13.7. The van der Waals surface area contributed by atoms with Gasteiger partial charge in [-0.1, -0.05) is 13.8 Å². The van der Waals surface area contributed by atoms with E-state index in [0.29, 0.717) is 6.10 Å². The first-order valence-electron chi connectivity index (χ1n) is 8.03. The van der Waals surface area contributed by atoms with Gasteiger partial charge in [0, 0.05) is 25.2 Å². The molecule has 0 aromatic carbocycles. The Kier molecular flexibility index (Phi) is 5.63. The van der Waals surface area contributed by atoms with E-state index in [1.165, 1.54) is 38.9 Å². The Hall–Kier alpha value is -0.160. The summed E-state index contributed by atoms with van der Waals surface area (Å²) >= 11 is 0. The molecule has 1 atom stereocenters. The molecule has 0 spiro atoms. The number of rotatable bonds is 5. The highest BCUT2D eigenvalue weighted by molar-refractivity contribution is 4.97. The smallest absolute Gasteiger partial charge is 0.0700 e. The molecule has 2 fully saturated rings. The molecule has 2 aliphatic heterocycles. The van der Waals surface area contributed by atoms with Crippen molar-refractivity contribution >= 4 is 0 Å². The molecule has 0 radical (unpaired) electrons. The Morgan fingerprint density at radius 3 is 2.53 bits per heavy atom. The largest absolute Gasteiger partial charge is 0.376 e. The lowest BCUT2D eigenvalue weighted by atomic mass is 9.84. The predicted octanol–water partition coefficient (Wildman–Crippen LogP) is 1.30. The summed E-state index contributed by atoms with van der Waals surface area (Å²) < 4.78 is 5.80. The van der Waals surface area contributed by atoms with Gasteiger partial charge >= 0.3 is 0 Å². The lowest BCUT2D eigenvalue weighted by Crippen LogP contribution is -2.63. The molecule has 112 valence electrons. The maximum Gasteiger partial charge on any atom is 0.0700 e. The Balaban J connectivity index is 1.95. The third-order valence-electron chi connectivity index (χ3n) is 4.97. The molecule has 1 unspecified atom stereocenters. The van der Waals surface area contributed by atoms with Crippen molar-refractivity contribution in [2.24, 2.45) is 5.73 Å². The second kappa shape index (κ2) is 7.02. The van der Waals surface area contributed by atoms with Crippen LogP contribution in [0.15, 0.2) is 0 Å². The maximum atomic E-state index is 6.17. The fourth-order valence-electron chi connectivity index (χ4n) is 3.56. The molecule has 0 saturated carbocycles. The van der Waals surface area contributed by atoms with Crippen LogP contribution in [0.4, 0.5) is 0 Å². The number of hydrogen-bond acceptors (Lipinski definition) is 4. The van der Waals surface area contributed by atoms with Crippen molar-refractivity contribution < 1.29 is 4.74 Å². The van der Waals surface area contributed by atoms with Gasteiger partial charge in [0.1, 0.15) is 0 Å². The normalized spacial score (nSPS) is 29.5. The molecular weight excluding hydrogens is 238 g/mol. The molecular formula is C15H31N3O. The summed E-state index contributed by atoms with van der Waals surface area (Å²) in [6.45, 7) is 11.9. The minimum Gasteiger partial charge on any atom is -0.376 e. The van der Waals surface area contributed by atoms with E-state index in [0.717, 1.165) is 32.7 Å². The van der Waals surface area contributed by atoms with Crippen LogP contribution in [-0.2, 0) is 4.74 Å². The van der Waals surface area contributed by atoms with E-state index in [2.05, 4.69) is 23.6 Å². The van der Waals surface area contributed by atoms with Gasteiger partial charge < -0.3 is 15.4 Å². The average molecular weight is 269 g/mol. The Labute approximate surface area is 118 Å². The minimum atomic E-state index is 0.238. The van der Waals surface area contributed by atoms with E-state index in [1.54, 1.807) is 0 Å². The quantitative estimate of drug-likeness (QED) is 0.817. The lowest BCUT2D eigenvalue weighted by molar-refractivity contribution is -0.0836. The summed E-state index contributed by atoms with van der Waals surface area (Å²) in [6, 6.07) is 0. The Bertz CT molecular complexity index is 264. The van der Waals surface area contributed by atoms with Gasteiger partial charge in [-0.25, -0.2) is 0 Å². The molecule has 2 heterocycles. The van der Waals surface area contributed by atoms with E-state index in [-0.39, 0.29) is 5.54 Å². The second-order valence-corrected chi connectivity index (χ2v) is 6.12. The van der Waals surface area contributed by atoms with Gasteiger partial charge in [-0.15, -0.1) is 0 Å². The molecule has 2 aliphatic rings. The van der Waals surface area contributed by atoms with E-state index in [4.69, 9.17) is 10.5 Å². The van der Waals surface area contributed by atoms with Gasteiger partial charge in [-0.05, 0) is 45.3 Å². The molecule has 2 saturated heterocycles. The highest BCUT2D eigenvalue weighted by Gasteiger charge is 2.40. The highest BCUT2D eigenvalue weighted by Crippen LogP contribution is 2.30. The van der Waals surface area contributed by atoms with Crippen molar-refractivity contribution in [3.63, 3.8) is 0 Å². The number of morpholine rings is 1. The van der Waals surface area contributed by atoms with Crippen molar-refractivity contribution in [2.75, 3.05) is 45.9 Å². The maximum absolute atomic E-state index is 6.17. The fourth-order valence-corrected chi connectivity index (χ4v) is 3.56. The molecule has 2 N–H and O–H groups in total. The fraction of sp³-hybridized carbons (Fsp3) is 1.00. The third kappa shape index (κ3) is 3.48. The average Bonchev–Trinajstić information content (AvgIpc) is 2.49. The molecule has 0 aromatic rings. The number of nitrogens with two attached hydrogens (primary N) is 1. The van der Waals surface area contributed by atoms with E-state index >= 15 is 0 Å². The molecule has 4 heteroatoms. The van der Waals surface area contributed by atoms with Crippen LogP contribution in [0.5, 0.6) is 0 Å². The van der Waals surface area contributed by atoms with Gasteiger partial charge in [-0.2, -0.15) is 0 Å². The summed E-state index contributed by atoms with van der Waals surface area (Å²) in [6.07, 6.45) is 5.22. The highest BCUT2D eigenvalue weighted by atomic mass is 16.5. The summed E-state index contributed by atoms with van der Waals surface area (Å²) in [7, 11) is 0. The van der Waals surface area contributed by atoms with Gasteiger partial charge in [0.2, 0.25) is 0 Å². The van der Waals surface area contributed by atoms with Crippen molar-refractivity contribution in [1.29, 1.82) is 0 Å². The molecule has 19 heavy (non-hydrogen) atoms. The monoisotopic (exact) mass is 269 g/mol. The second-order valence-electron chi connectivity index (χ2n) is 6.12. The molecule has 2 rings (SSSR count). The van der Waals surface area contributed by atoms with Gasteiger partial charge in [-0.3, -0.25) is 4.90 Å². The Morgan fingerprint density at radius 1 is 1.21 bits per heavy atom. The van der Waals surface area contributed by atoms with Crippen LogP contribution in [-0.4, -0.2) is 67.3 Å². The number of ether oxygens (including phenoxy) is 1.